The first-order valence-electron chi connectivity index (χ1n) is 7.67. The lowest BCUT2D eigenvalue weighted by Gasteiger charge is -2.34. The summed E-state index contributed by atoms with van der Waals surface area (Å²) < 4.78 is 6.26. The lowest BCUT2D eigenvalue weighted by atomic mass is 9.84. The Balaban J connectivity index is 2.09. The van der Waals surface area contributed by atoms with Gasteiger partial charge in [-0.2, -0.15) is 0 Å². The van der Waals surface area contributed by atoms with Crippen LogP contribution in [0.1, 0.15) is 49.4 Å². The summed E-state index contributed by atoms with van der Waals surface area (Å²) in [4.78, 5) is 14.6. The molecule has 0 radical (unpaired) electrons. The Labute approximate surface area is 135 Å². The normalized spacial score (nSPS) is 21.9. The molecule has 3 nitrogen and oxygen atoms in total. The van der Waals surface area contributed by atoms with E-state index < -0.39 is 0 Å². The molecule has 1 aromatic carbocycles. The Morgan fingerprint density at radius 1 is 1.33 bits per heavy atom. The Morgan fingerprint density at radius 2 is 2.00 bits per heavy atom. The summed E-state index contributed by atoms with van der Waals surface area (Å²) in [5.41, 5.74) is 0.640. The van der Waals surface area contributed by atoms with Gasteiger partial charge in [0.1, 0.15) is 5.75 Å². The standard InChI is InChI=1S/C17H24BrNO2/c1-4-12-5-8-14(9-6-12)19(2)17(20)15-10-7-13(18)11-16(15)21-3/h7,10-12,14H,4-6,8-9H2,1-3H3. The van der Waals surface area contributed by atoms with Gasteiger partial charge < -0.3 is 9.64 Å². The summed E-state index contributed by atoms with van der Waals surface area (Å²) in [6, 6.07) is 5.92. The van der Waals surface area contributed by atoms with Crippen LogP contribution in [-0.2, 0) is 0 Å². The minimum absolute atomic E-state index is 0.0549. The second kappa shape index (κ2) is 7.30. The van der Waals surface area contributed by atoms with Crippen LogP contribution in [0.5, 0.6) is 5.75 Å². The van der Waals surface area contributed by atoms with Crippen molar-refractivity contribution in [3.8, 4) is 5.75 Å². The van der Waals surface area contributed by atoms with E-state index in [-0.39, 0.29) is 5.91 Å². The predicted octanol–water partition coefficient (Wildman–Crippen LogP) is 4.50. The number of carbonyl (C=O) groups excluding carboxylic acids is 1. The molecule has 0 spiro atoms. The number of benzene rings is 1. The van der Waals surface area contributed by atoms with Crippen molar-refractivity contribution in [2.75, 3.05) is 14.2 Å². The maximum atomic E-state index is 12.7. The highest BCUT2D eigenvalue weighted by atomic mass is 79.9. The number of nitrogens with zero attached hydrogens (tertiary/aromatic N) is 1. The lowest BCUT2D eigenvalue weighted by Crippen LogP contribution is -2.39. The molecule has 0 N–H and O–H groups in total. The van der Waals surface area contributed by atoms with Crippen LogP contribution in [0.25, 0.3) is 0 Å². The van der Waals surface area contributed by atoms with Crippen molar-refractivity contribution in [2.24, 2.45) is 5.92 Å². The van der Waals surface area contributed by atoms with Gasteiger partial charge in [-0.3, -0.25) is 4.79 Å². The minimum atomic E-state index is 0.0549. The van der Waals surface area contributed by atoms with Crippen molar-refractivity contribution >= 4 is 21.8 Å². The van der Waals surface area contributed by atoms with Crippen molar-refractivity contribution in [1.29, 1.82) is 0 Å². The van der Waals surface area contributed by atoms with Crippen molar-refractivity contribution in [2.45, 2.75) is 45.1 Å². The fraction of sp³-hybridized carbons (Fsp3) is 0.588. The van der Waals surface area contributed by atoms with Crippen molar-refractivity contribution < 1.29 is 9.53 Å². The second-order valence-electron chi connectivity index (χ2n) is 5.84. The van der Waals surface area contributed by atoms with E-state index in [4.69, 9.17) is 4.74 Å². The van der Waals surface area contributed by atoms with Gasteiger partial charge >= 0.3 is 0 Å². The topological polar surface area (TPSA) is 29.5 Å². The van der Waals surface area contributed by atoms with Crippen LogP contribution in [0.15, 0.2) is 22.7 Å². The third-order valence-corrected chi connectivity index (χ3v) is 5.15. The van der Waals surface area contributed by atoms with E-state index in [9.17, 15) is 4.79 Å². The number of methoxy groups -OCH3 is 1. The molecule has 116 valence electrons. The summed E-state index contributed by atoms with van der Waals surface area (Å²) in [7, 11) is 3.52. The van der Waals surface area contributed by atoms with Gasteiger partial charge in [0.15, 0.2) is 0 Å². The Kier molecular flexibility index (Phi) is 5.68. The van der Waals surface area contributed by atoms with Crippen LogP contribution in [0.2, 0.25) is 0 Å². The predicted molar refractivity (Wildman–Crippen MR) is 88.8 cm³/mol. The molecule has 21 heavy (non-hydrogen) atoms. The Hall–Kier alpha value is -1.03. The summed E-state index contributed by atoms with van der Waals surface area (Å²) in [5, 5.41) is 0. The number of rotatable bonds is 4. The third-order valence-electron chi connectivity index (χ3n) is 4.66. The first-order chi connectivity index (χ1) is 10.1. The molecule has 0 heterocycles. The average Bonchev–Trinajstić information content (AvgIpc) is 2.53. The summed E-state index contributed by atoms with van der Waals surface area (Å²) in [6.45, 7) is 2.26. The number of carbonyl (C=O) groups is 1. The molecule has 2 rings (SSSR count). The van der Waals surface area contributed by atoms with Crippen LogP contribution in [0, 0.1) is 5.92 Å². The van der Waals surface area contributed by atoms with Crippen LogP contribution in [0.4, 0.5) is 0 Å². The van der Waals surface area contributed by atoms with E-state index in [1.165, 1.54) is 19.3 Å². The highest BCUT2D eigenvalue weighted by molar-refractivity contribution is 9.10. The molecule has 0 aliphatic heterocycles. The SMILES string of the molecule is CCC1CCC(N(C)C(=O)c2ccc(Br)cc2OC)CC1. The highest BCUT2D eigenvalue weighted by Crippen LogP contribution is 2.31. The number of ether oxygens (including phenoxy) is 1. The summed E-state index contributed by atoms with van der Waals surface area (Å²) in [5.74, 6) is 1.52. The molecular weight excluding hydrogens is 330 g/mol. The van der Waals surface area contributed by atoms with Gasteiger partial charge in [-0.05, 0) is 49.8 Å². The molecule has 1 aliphatic rings. The second-order valence-corrected chi connectivity index (χ2v) is 6.76. The Morgan fingerprint density at radius 3 is 2.57 bits per heavy atom. The average molecular weight is 354 g/mol. The van der Waals surface area contributed by atoms with Gasteiger partial charge in [-0.25, -0.2) is 0 Å². The number of amides is 1. The van der Waals surface area contributed by atoms with E-state index in [0.717, 1.165) is 23.2 Å². The quantitative estimate of drug-likeness (QED) is 0.797. The zero-order valence-corrected chi connectivity index (χ0v) is 14.6. The third kappa shape index (κ3) is 3.79. The fourth-order valence-corrected chi connectivity index (χ4v) is 3.48. The Bertz CT molecular complexity index is 496. The molecule has 0 bridgehead atoms. The first kappa shape index (κ1) is 16.3. The number of hydrogen-bond acceptors (Lipinski definition) is 2. The molecule has 0 aromatic heterocycles. The van der Waals surface area contributed by atoms with E-state index in [1.54, 1.807) is 7.11 Å². The minimum Gasteiger partial charge on any atom is -0.496 e. The fourth-order valence-electron chi connectivity index (χ4n) is 3.14. The van der Waals surface area contributed by atoms with Crippen LogP contribution in [-0.4, -0.2) is 31.0 Å². The largest absolute Gasteiger partial charge is 0.496 e. The molecule has 0 atom stereocenters. The molecule has 1 aromatic rings. The monoisotopic (exact) mass is 353 g/mol. The molecule has 1 saturated carbocycles. The van der Waals surface area contributed by atoms with E-state index >= 15 is 0 Å². The van der Waals surface area contributed by atoms with Crippen LogP contribution < -0.4 is 4.74 Å². The zero-order chi connectivity index (χ0) is 15.4. The molecule has 1 fully saturated rings. The lowest BCUT2D eigenvalue weighted by molar-refractivity contribution is 0.0671. The first-order valence-corrected chi connectivity index (χ1v) is 8.46. The van der Waals surface area contributed by atoms with Crippen molar-refractivity contribution in [3.63, 3.8) is 0 Å². The molecule has 4 heteroatoms. The van der Waals surface area contributed by atoms with Crippen molar-refractivity contribution in [3.05, 3.63) is 28.2 Å². The number of halogens is 1. The summed E-state index contributed by atoms with van der Waals surface area (Å²) in [6.07, 6.45) is 5.94. The van der Waals surface area contributed by atoms with E-state index in [1.807, 2.05) is 30.1 Å². The van der Waals surface area contributed by atoms with Crippen LogP contribution >= 0.6 is 15.9 Å². The van der Waals surface area contributed by atoms with Gasteiger partial charge in [0.05, 0.1) is 12.7 Å². The van der Waals surface area contributed by atoms with Gasteiger partial charge in [0, 0.05) is 17.6 Å². The van der Waals surface area contributed by atoms with Crippen LogP contribution in [0.3, 0.4) is 0 Å². The molecule has 1 aliphatic carbocycles. The number of hydrogen-bond donors (Lipinski definition) is 0. The van der Waals surface area contributed by atoms with Gasteiger partial charge in [0.2, 0.25) is 0 Å². The molecular formula is C17H24BrNO2. The molecule has 0 unspecified atom stereocenters. The van der Waals surface area contributed by atoms with E-state index in [2.05, 4.69) is 22.9 Å². The van der Waals surface area contributed by atoms with Crippen molar-refractivity contribution in [1.82, 2.24) is 4.90 Å². The summed E-state index contributed by atoms with van der Waals surface area (Å²) >= 11 is 3.41. The van der Waals surface area contributed by atoms with Gasteiger partial charge in [-0.15, -0.1) is 0 Å². The maximum absolute atomic E-state index is 12.7. The smallest absolute Gasteiger partial charge is 0.257 e. The zero-order valence-electron chi connectivity index (χ0n) is 13.1. The van der Waals surface area contributed by atoms with Gasteiger partial charge in [0.25, 0.3) is 5.91 Å². The van der Waals surface area contributed by atoms with E-state index in [0.29, 0.717) is 17.4 Å². The maximum Gasteiger partial charge on any atom is 0.257 e. The molecule has 1 amide bonds. The highest BCUT2D eigenvalue weighted by Gasteiger charge is 2.27. The van der Waals surface area contributed by atoms with Gasteiger partial charge in [-0.1, -0.05) is 29.3 Å². The molecule has 0 saturated heterocycles.